The molecule has 0 radical (unpaired) electrons. The Balaban J connectivity index is 2.47. The molecule has 0 saturated heterocycles. The summed E-state index contributed by atoms with van der Waals surface area (Å²) in [6.07, 6.45) is 3.09. The van der Waals surface area contributed by atoms with Gasteiger partial charge in [0, 0.05) is 6.54 Å². The topological polar surface area (TPSA) is 123 Å². The van der Waals surface area contributed by atoms with Crippen LogP contribution >= 0.6 is 0 Å². The first-order valence-electron chi connectivity index (χ1n) is 7.15. The lowest BCUT2D eigenvalue weighted by molar-refractivity contribution is -0.139. The molecular weight excluding hydrogens is 300 g/mol. The number of hydrazone groups is 1. The number of carbonyl (C=O) groups is 3. The summed E-state index contributed by atoms with van der Waals surface area (Å²) in [5.41, 5.74) is 7.74. The first-order chi connectivity index (χ1) is 11.0. The van der Waals surface area contributed by atoms with E-state index in [1.54, 1.807) is 24.3 Å². The fourth-order valence-corrected chi connectivity index (χ4v) is 1.51. The highest BCUT2D eigenvalue weighted by atomic mass is 16.5. The minimum atomic E-state index is -0.835. The quantitative estimate of drug-likeness (QED) is 0.268. The molecule has 1 aromatic rings. The van der Waals surface area contributed by atoms with Crippen LogP contribution in [0.3, 0.4) is 0 Å². The van der Waals surface area contributed by atoms with Crippen LogP contribution in [0, 0.1) is 0 Å². The number of benzene rings is 1. The summed E-state index contributed by atoms with van der Waals surface area (Å²) < 4.78 is 5.14. The van der Waals surface area contributed by atoms with E-state index in [-0.39, 0.29) is 6.61 Å². The molecule has 0 aromatic heterocycles. The van der Waals surface area contributed by atoms with Gasteiger partial charge in [0.15, 0.2) is 6.61 Å². The molecule has 1 aromatic carbocycles. The number of carbonyl (C=O) groups excluding carboxylic acids is 3. The van der Waals surface area contributed by atoms with Crippen molar-refractivity contribution in [3.05, 3.63) is 29.8 Å². The van der Waals surface area contributed by atoms with Gasteiger partial charge in [0.05, 0.1) is 6.21 Å². The molecule has 0 aliphatic rings. The van der Waals surface area contributed by atoms with Crippen LogP contribution in [0.1, 0.15) is 25.3 Å². The highest BCUT2D eigenvalue weighted by Crippen LogP contribution is 2.11. The van der Waals surface area contributed by atoms with Crippen molar-refractivity contribution in [3.8, 4) is 5.75 Å². The lowest BCUT2D eigenvalue weighted by Crippen LogP contribution is -2.38. The smallest absolute Gasteiger partial charge is 0.329 e. The molecule has 0 spiro atoms. The van der Waals surface area contributed by atoms with E-state index in [9.17, 15) is 14.4 Å². The zero-order valence-corrected chi connectivity index (χ0v) is 12.9. The number of unbranched alkanes of at least 4 members (excludes halogenated alkanes) is 1. The van der Waals surface area contributed by atoms with E-state index >= 15 is 0 Å². The SMILES string of the molecule is CCCCNC(=O)C(=O)N/N=C\c1cccc(OCC(N)=O)c1. The molecule has 0 atom stereocenters. The average Bonchev–Trinajstić information content (AvgIpc) is 2.53. The first-order valence-corrected chi connectivity index (χ1v) is 7.15. The van der Waals surface area contributed by atoms with Crippen molar-refractivity contribution >= 4 is 23.9 Å². The lowest BCUT2D eigenvalue weighted by atomic mass is 10.2. The van der Waals surface area contributed by atoms with Gasteiger partial charge in [0.1, 0.15) is 5.75 Å². The molecule has 0 bridgehead atoms. The van der Waals surface area contributed by atoms with E-state index < -0.39 is 17.7 Å². The Labute approximate surface area is 134 Å². The minimum Gasteiger partial charge on any atom is -0.484 e. The van der Waals surface area contributed by atoms with Gasteiger partial charge in [0.2, 0.25) is 0 Å². The predicted octanol–water partition coefficient (Wildman–Crippen LogP) is -0.0829. The monoisotopic (exact) mass is 320 g/mol. The van der Waals surface area contributed by atoms with Crippen LogP contribution < -0.4 is 21.2 Å². The van der Waals surface area contributed by atoms with Crippen molar-refractivity contribution in [2.45, 2.75) is 19.8 Å². The van der Waals surface area contributed by atoms with Crippen LogP contribution in [0.15, 0.2) is 29.4 Å². The zero-order valence-electron chi connectivity index (χ0n) is 12.9. The number of nitrogens with zero attached hydrogens (tertiary/aromatic N) is 1. The number of hydrogen-bond donors (Lipinski definition) is 3. The van der Waals surface area contributed by atoms with Crippen molar-refractivity contribution in [1.29, 1.82) is 0 Å². The van der Waals surface area contributed by atoms with Crippen molar-refractivity contribution < 1.29 is 19.1 Å². The fourth-order valence-electron chi connectivity index (χ4n) is 1.51. The van der Waals surface area contributed by atoms with Crippen molar-refractivity contribution in [2.24, 2.45) is 10.8 Å². The van der Waals surface area contributed by atoms with Crippen molar-refractivity contribution in [1.82, 2.24) is 10.7 Å². The number of primary amides is 1. The van der Waals surface area contributed by atoms with Gasteiger partial charge in [-0.3, -0.25) is 14.4 Å². The van der Waals surface area contributed by atoms with Crippen LogP contribution in [-0.2, 0) is 14.4 Å². The highest BCUT2D eigenvalue weighted by molar-refractivity contribution is 6.35. The van der Waals surface area contributed by atoms with Gasteiger partial charge < -0.3 is 15.8 Å². The number of nitrogens with one attached hydrogen (secondary N) is 2. The van der Waals surface area contributed by atoms with Gasteiger partial charge in [-0.15, -0.1) is 0 Å². The summed E-state index contributed by atoms with van der Waals surface area (Å²) in [4.78, 5) is 33.5. The highest BCUT2D eigenvalue weighted by Gasteiger charge is 2.10. The summed E-state index contributed by atoms with van der Waals surface area (Å²) in [5, 5.41) is 6.17. The Morgan fingerprint density at radius 1 is 1.30 bits per heavy atom. The molecule has 0 heterocycles. The van der Waals surface area contributed by atoms with Crippen LogP contribution in [-0.4, -0.2) is 37.1 Å². The molecule has 124 valence electrons. The van der Waals surface area contributed by atoms with Crippen molar-refractivity contribution in [2.75, 3.05) is 13.2 Å². The molecule has 0 saturated carbocycles. The molecule has 8 nitrogen and oxygen atoms in total. The van der Waals surface area contributed by atoms with Gasteiger partial charge in [-0.2, -0.15) is 5.10 Å². The van der Waals surface area contributed by atoms with Crippen molar-refractivity contribution in [3.63, 3.8) is 0 Å². The molecule has 0 unspecified atom stereocenters. The van der Waals surface area contributed by atoms with E-state index in [0.29, 0.717) is 17.9 Å². The van der Waals surface area contributed by atoms with Gasteiger partial charge in [0.25, 0.3) is 5.91 Å². The van der Waals surface area contributed by atoms with Crippen LogP contribution in [0.5, 0.6) is 5.75 Å². The second kappa shape index (κ2) is 9.93. The Morgan fingerprint density at radius 2 is 2.09 bits per heavy atom. The second-order valence-electron chi connectivity index (χ2n) is 4.64. The molecule has 0 fully saturated rings. The molecular formula is C15H20N4O4. The maximum Gasteiger partial charge on any atom is 0.329 e. The van der Waals surface area contributed by atoms with Gasteiger partial charge in [-0.05, 0) is 24.1 Å². The molecule has 4 N–H and O–H groups in total. The molecule has 1 rings (SSSR count). The number of nitrogens with two attached hydrogens (primary N) is 1. The third-order valence-electron chi connectivity index (χ3n) is 2.64. The standard InChI is InChI=1S/C15H20N4O4/c1-2-3-7-17-14(21)15(22)19-18-9-11-5-4-6-12(8-11)23-10-13(16)20/h4-6,8-9H,2-3,7,10H2,1H3,(H2,16,20)(H,17,21)(H,19,22)/b18-9-. The van der Waals surface area contributed by atoms with E-state index in [1.165, 1.54) is 6.21 Å². The third-order valence-corrected chi connectivity index (χ3v) is 2.64. The summed E-state index contributed by atoms with van der Waals surface area (Å²) >= 11 is 0. The zero-order chi connectivity index (χ0) is 17.1. The Morgan fingerprint density at radius 3 is 2.78 bits per heavy atom. The van der Waals surface area contributed by atoms with Gasteiger partial charge >= 0.3 is 11.8 Å². The largest absolute Gasteiger partial charge is 0.484 e. The average molecular weight is 320 g/mol. The normalized spacial score (nSPS) is 10.3. The summed E-state index contributed by atoms with van der Waals surface area (Å²) in [6, 6.07) is 6.67. The fraction of sp³-hybridized carbons (Fsp3) is 0.333. The number of hydrogen-bond acceptors (Lipinski definition) is 5. The summed E-state index contributed by atoms with van der Waals surface area (Å²) in [7, 11) is 0. The molecule has 3 amide bonds. The predicted molar refractivity (Wildman–Crippen MR) is 84.8 cm³/mol. The van der Waals surface area contributed by atoms with Crippen LogP contribution in [0.2, 0.25) is 0 Å². The summed E-state index contributed by atoms with van der Waals surface area (Å²) in [5.74, 6) is -1.70. The second-order valence-corrected chi connectivity index (χ2v) is 4.64. The maximum absolute atomic E-state index is 11.5. The van der Waals surface area contributed by atoms with E-state index in [0.717, 1.165) is 12.8 Å². The Bertz CT molecular complexity index is 587. The van der Waals surface area contributed by atoms with Gasteiger partial charge in [-0.25, -0.2) is 5.43 Å². The number of rotatable bonds is 8. The molecule has 0 aliphatic carbocycles. The third kappa shape index (κ3) is 7.60. The Hall–Kier alpha value is -2.90. The molecule has 0 aliphatic heterocycles. The number of ether oxygens (including phenoxy) is 1. The lowest BCUT2D eigenvalue weighted by Gasteiger charge is -2.04. The van der Waals surface area contributed by atoms with Gasteiger partial charge in [-0.1, -0.05) is 25.5 Å². The van der Waals surface area contributed by atoms with Crippen LogP contribution in [0.25, 0.3) is 0 Å². The minimum absolute atomic E-state index is 0.227. The maximum atomic E-state index is 11.5. The van der Waals surface area contributed by atoms with E-state index in [4.69, 9.17) is 10.5 Å². The Kier molecular flexibility index (Phi) is 7.84. The first kappa shape index (κ1) is 18.1. The van der Waals surface area contributed by atoms with Crippen LogP contribution in [0.4, 0.5) is 0 Å². The van der Waals surface area contributed by atoms with E-state index in [1.807, 2.05) is 6.92 Å². The van der Waals surface area contributed by atoms with E-state index in [2.05, 4.69) is 15.8 Å². The summed E-state index contributed by atoms with van der Waals surface area (Å²) in [6.45, 7) is 2.21. The molecule has 8 heteroatoms. The molecule has 23 heavy (non-hydrogen) atoms. The number of amides is 3.